The van der Waals surface area contributed by atoms with Crippen LogP contribution in [0, 0.1) is 57.2 Å². The lowest BCUT2D eigenvalue weighted by Gasteiger charge is -2.66. The second kappa shape index (κ2) is 10.7. The van der Waals surface area contributed by atoms with Crippen molar-refractivity contribution < 1.29 is 19.8 Å². The number of hydrogen-bond acceptors (Lipinski definition) is 2. The van der Waals surface area contributed by atoms with Gasteiger partial charge in [0.2, 0.25) is 0 Å². The number of carboxylic acid groups (broad SMARTS) is 2. The van der Waals surface area contributed by atoms with E-state index in [0.29, 0.717) is 47.0 Å². The molecule has 2 N–H and O–H groups in total. The van der Waals surface area contributed by atoms with Crippen molar-refractivity contribution in [3.63, 3.8) is 0 Å². The number of aliphatic carboxylic acids is 1. The van der Waals surface area contributed by atoms with E-state index >= 15 is 0 Å². The van der Waals surface area contributed by atoms with E-state index in [4.69, 9.17) is 0 Å². The number of carbonyl (C=O) groups is 2. The van der Waals surface area contributed by atoms with Gasteiger partial charge in [0.25, 0.3) is 0 Å². The fraction of sp³-hybridized carbons (Fsp3) is 0.784. The van der Waals surface area contributed by atoms with Crippen molar-refractivity contribution in [1.29, 1.82) is 0 Å². The summed E-state index contributed by atoms with van der Waals surface area (Å²) in [5, 5.41) is 20.3. The van der Waals surface area contributed by atoms with Gasteiger partial charge < -0.3 is 10.2 Å². The van der Waals surface area contributed by atoms with Crippen LogP contribution in [0.1, 0.15) is 141 Å². The molecule has 4 nitrogen and oxygen atoms in total. The molecule has 0 radical (unpaired) electrons. The third kappa shape index (κ3) is 4.78. The van der Waals surface area contributed by atoms with E-state index in [-0.39, 0.29) is 16.2 Å². The van der Waals surface area contributed by atoms with Crippen LogP contribution in [-0.4, -0.2) is 22.2 Å². The molecule has 0 aliphatic heterocycles. The SMILES string of the molecule is CC(C)C1CCC2(C(=O)O)CCC(C)C3(C)CCC4C(C)(C)C(c5cccc(C(=O)O)c5)CCC4(C)C3CCCC12. The van der Waals surface area contributed by atoms with Crippen LogP contribution in [0.3, 0.4) is 0 Å². The topological polar surface area (TPSA) is 74.6 Å². The molecule has 9 atom stereocenters. The molecule has 4 saturated carbocycles. The van der Waals surface area contributed by atoms with Gasteiger partial charge in [-0.3, -0.25) is 4.79 Å². The van der Waals surface area contributed by atoms with Crippen LogP contribution >= 0.6 is 0 Å². The highest BCUT2D eigenvalue weighted by atomic mass is 16.4. The van der Waals surface area contributed by atoms with Crippen LogP contribution < -0.4 is 0 Å². The zero-order valence-electron chi connectivity index (χ0n) is 26.8. The third-order valence-electron chi connectivity index (χ3n) is 14.3. The fourth-order valence-electron chi connectivity index (χ4n) is 11.9. The molecule has 9 unspecified atom stereocenters. The summed E-state index contributed by atoms with van der Waals surface area (Å²) >= 11 is 0. The van der Waals surface area contributed by atoms with Crippen molar-refractivity contribution in [3.8, 4) is 0 Å². The molecule has 1 aromatic rings. The van der Waals surface area contributed by atoms with Crippen molar-refractivity contribution >= 4 is 11.9 Å². The predicted octanol–water partition coefficient (Wildman–Crippen LogP) is 9.68. The summed E-state index contributed by atoms with van der Waals surface area (Å²) in [6.45, 7) is 17.2. The third-order valence-corrected chi connectivity index (χ3v) is 14.3. The van der Waals surface area contributed by atoms with Gasteiger partial charge in [-0.1, -0.05) is 67.0 Å². The quantitative estimate of drug-likeness (QED) is 0.382. The largest absolute Gasteiger partial charge is 0.481 e. The van der Waals surface area contributed by atoms with Crippen LogP contribution in [0.15, 0.2) is 24.3 Å². The minimum atomic E-state index is -0.844. The molecule has 0 bridgehead atoms. The number of rotatable bonds is 4. The molecule has 0 aromatic heterocycles. The Hall–Kier alpha value is -1.84. The zero-order valence-corrected chi connectivity index (χ0v) is 26.8. The zero-order chi connectivity index (χ0) is 30.0. The van der Waals surface area contributed by atoms with Gasteiger partial charge >= 0.3 is 11.9 Å². The molecule has 4 aliphatic rings. The van der Waals surface area contributed by atoms with Gasteiger partial charge in [0.15, 0.2) is 0 Å². The Balaban J connectivity index is 1.47. The van der Waals surface area contributed by atoms with Crippen LogP contribution in [0.5, 0.6) is 0 Å². The van der Waals surface area contributed by atoms with E-state index in [2.05, 4.69) is 54.5 Å². The first-order chi connectivity index (χ1) is 19.2. The Bertz CT molecular complexity index is 1150. The smallest absolute Gasteiger partial charge is 0.335 e. The van der Waals surface area contributed by atoms with E-state index in [1.54, 1.807) is 6.07 Å². The van der Waals surface area contributed by atoms with Crippen LogP contribution in [-0.2, 0) is 4.79 Å². The molecule has 4 aliphatic carbocycles. The van der Waals surface area contributed by atoms with Gasteiger partial charge in [-0.15, -0.1) is 0 Å². The molecule has 228 valence electrons. The molecule has 0 saturated heterocycles. The molecule has 5 rings (SSSR count). The van der Waals surface area contributed by atoms with E-state index in [1.807, 2.05) is 12.1 Å². The lowest BCUT2D eigenvalue weighted by molar-refractivity contribution is -0.164. The van der Waals surface area contributed by atoms with Crippen molar-refractivity contribution in [2.75, 3.05) is 0 Å². The molecule has 41 heavy (non-hydrogen) atoms. The Kier molecular flexibility index (Phi) is 7.99. The second-order valence-corrected chi connectivity index (χ2v) is 16.4. The molecule has 0 heterocycles. The van der Waals surface area contributed by atoms with Gasteiger partial charge in [-0.05, 0) is 140 Å². The highest BCUT2D eigenvalue weighted by Gasteiger charge is 2.62. The van der Waals surface area contributed by atoms with Crippen LogP contribution in [0.2, 0.25) is 0 Å². The summed E-state index contributed by atoms with van der Waals surface area (Å²) < 4.78 is 0. The van der Waals surface area contributed by atoms with Gasteiger partial charge in [-0.25, -0.2) is 4.79 Å². The molecule has 1 aromatic carbocycles. The van der Waals surface area contributed by atoms with Gasteiger partial charge in [-0.2, -0.15) is 0 Å². The van der Waals surface area contributed by atoms with E-state index < -0.39 is 17.4 Å². The summed E-state index contributed by atoms with van der Waals surface area (Å²) in [5.41, 5.74) is 1.60. The summed E-state index contributed by atoms with van der Waals surface area (Å²) in [6, 6.07) is 7.72. The Morgan fingerprint density at radius 1 is 0.829 bits per heavy atom. The first kappa shape index (κ1) is 30.6. The Morgan fingerprint density at radius 3 is 2.17 bits per heavy atom. The molecular weight excluding hydrogens is 508 g/mol. The lowest BCUT2D eigenvalue weighted by Crippen LogP contribution is -2.58. The molecule has 0 amide bonds. The number of aromatic carboxylic acids is 1. The Labute approximate surface area is 249 Å². The van der Waals surface area contributed by atoms with Crippen LogP contribution in [0.4, 0.5) is 0 Å². The summed E-state index contributed by atoms with van der Waals surface area (Å²) in [5.74, 6) is 2.09. The number of carboxylic acids is 2. The monoisotopic (exact) mass is 564 g/mol. The second-order valence-electron chi connectivity index (χ2n) is 16.4. The first-order valence-electron chi connectivity index (χ1n) is 16.7. The summed E-state index contributed by atoms with van der Waals surface area (Å²) in [4.78, 5) is 24.7. The van der Waals surface area contributed by atoms with Gasteiger partial charge in [0, 0.05) is 0 Å². The van der Waals surface area contributed by atoms with Crippen molar-refractivity contribution in [2.24, 2.45) is 57.2 Å². The van der Waals surface area contributed by atoms with Crippen molar-refractivity contribution in [3.05, 3.63) is 35.4 Å². The van der Waals surface area contributed by atoms with Crippen molar-refractivity contribution in [1.82, 2.24) is 0 Å². The standard InChI is InChI=1S/C37H56O4/c1-23(2)27-15-21-37(33(40)41)20-14-24(3)35(6)19-17-30-34(4,5)28(25-10-8-11-26(22-25)32(38)39)16-18-36(30,7)31(35)13-9-12-29(27)37/h8,10-11,22-24,27-31H,9,12-21H2,1-7H3,(H,38,39)(H,40,41). The highest BCUT2D eigenvalue weighted by Crippen LogP contribution is 2.70. The maximum Gasteiger partial charge on any atom is 0.335 e. The normalized spacial score (nSPS) is 42.5. The van der Waals surface area contributed by atoms with E-state index in [9.17, 15) is 19.8 Å². The summed E-state index contributed by atoms with van der Waals surface area (Å²) in [7, 11) is 0. The van der Waals surface area contributed by atoms with Crippen molar-refractivity contribution in [2.45, 2.75) is 125 Å². The van der Waals surface area contributed by atoms with Gasteiger partial charge in [0.1, 0.15) is 0 Å². The highest BCUT2D eigenvalue weighted by molar-refractivity contribution is 5.87. The molecular formula is C37H56O4. The molecule has 4 fully saturated rings. The summed E-state index contributed by atoms with van der Waals surface area (Å²) in [6.07, 6.45) is 11.9. The predicted molar refractivity (Wildman–Crippen MR) is 165 cm³/mol. The minimum absolute atomic E-state index is 0.0800. The van der Waals surface area contributed by atoms with E-state index in [0.717, 1.165) is 44.9 Å². The average molecular weight is 565 g/mol. The maximum atomic E-state index is 12.9. The number of hydrogen-bond donors (Lipinski definition) is 2. The molecule has 4 heteroatoms. The fourth-order valence-corrected chi connectivity index (χ4v) is 11.9. The van der Waals surface area contributed by atoms with E-state index in [1.165, 1.54) is 31.2 Å². The van der Waals surface area contributed by atoms with Crippen LogP contribution in [0.25, 0.3) is 0 Å². The average Bonchev–Trinajstić information content (AvgIpc) is 3.28. The minimum Gasteiger partial charge on any atom is -0.481 e. The molecule has 0 spiro atoms. The first-order valence-corrected chi connectivity index (χ1v) is 16.7. The lowest BCUT2D eigenvalue weighted by atomic mass is 9.39. The number of benzene rings is 1. The number of fused-ring (bicyclic) bond motifs is 4. The Morgan fingerprint density at radius 2 is 1.51 bits per heavy atom. The van der Waals surface area contributed by atoms with Gasteiger partial charge in [0.05, 0.1) is 11.0 Å². The maximum absolute atomic E-state index is 12.9.